The third-order valence-electron chi connectivity index (χ3n) is 3.39. The first-order chi connectivity index (χ1) is 7.98. The molecule has 1 fully saturated rings. The van der Waals surface area contributed by atoms with Crippen LogP contribution in [0, 0.1) is 5.41 Å². The summed E-state index contributed by atoms with van der Waals surface area (Å²) in [5, 5.41) is 3.00. The lowest BCUT2D eigenvalue weighted by atomic mass is 9.75. The molecule has 0 aliphatic heterocycles. The first-order valence-corrected chi connectivity index (χ1v) is 6.09. The number of hydrogen-bond donors (Lipinski definition) is 3. The van der Waals surface area contributed by atoms with Gasteiger partial charge in [-0.15, -0.1) is 0 Å². The predicted octanol–water partition coefficient (Wildman–Crippen LogP) is 1.39. The molecule has 0 heterocycles. The van der Waals surface area contributed by atoms with Crippen molar-refractivity contribution < 1.29 is 4.79 Å². The van der Waals surface area contributed by atoms with E-state index >= 15 is 0 Å². The Morgan fingerprint density at radius 3 is 2.35 bits per heavy atom. The largest absolute Gasteiger partial charge is 0.405 e. The zero-order valence-corrected chi connectivity index (χ0v) is 10.7. The minimum atomic E-state index is -0.140. The Morgan fingerprint density at radius 1 is 1.29 bits per heavy atom. The lowest BCUT2D eigenvalue weighted by Gasteiger charge is -2.34. The van der Waals surface area contributed by atoms with Crippen LogP contribution in [0.4, 0.5) is 0 Å². The van der Waals surface area contributed by atoms with Gasteiger partial charge in [0, 0.05) is 12.2 Å². The molecule has 0 aromatic carbocycles. The average Bonchev–Trinajstić information content (AvgIpc) is 2.28. The van der Waals surface area contributed by atoms with Gasteiger partial charge in [0.15, 0.2) is 0 Å². The van der Waals surface area contributed by atoms with E-state index in [4.69, 9.17) is 11.5 Å². The molecule has 96 valence electrons. The smallest absolute Gasteiger partial charge is 0.253 e. The summed E-state index contributed by atoms with van der Waals surface area (Å²) in [6.45, 7) is 4.54. The van der Waals surface area contributed by atoms with Gasteiger partial charge in [-0.2, -0.15) is 0 Å². The zero-order valence-electron chi connectivity index (χ0n) is 10.7. The van der Waals surface area contributed by atoms with Gasteiger partial charge in [-0.1, -0.05) is 13.8 Å². The molecule has 0 atom stereocenters. The monoisotopic (exact) mass is 237 g/mol. The van der Waals surface area contributed by atoms with Gasteiger partial charge in [0.2, 0.25) is 0 Å². The maximum Gasteiger partial charge on any atom is 0.253 e. The van der Waals surface area contributed by atoms with Gasteiger partial charge in [0.1, 0.15) is 0 Å². The number of nitrogens with one attached hydrogen (secondary N) is 1. The molecule has 0 aromatic heterocycles. The molecule has 17 heavy (non-hydrogen) atoms. The Hall–Kier alpha value is -1.45. The normalized spacial score (nSPS) is 21.6. The molecule has 0 aromatic rings. The molecule has 1 aliphatic rings. The van der Waals surface area contributed by atoms with Gasteiger partial charge >= 0.3 is 0 Å². The highest BCUT2D eigenvalue weighted by atomic mass is 16.1. The Balaban J connectivity index is 2.48. The fourth-order valence-electron chi connectivity index (χ4n) is 2.12. The third-order valence-corrected chi connectivity index (χ3v) is 3.39. The van der Waals surface area contributed by atoms with E-state index in [0.717, 1.165) is 25.7 Å². The topological polar surface area (TPSA) is 81.1 Å². The van der Waals surface area contributed by atoms with E-state index in [1.807, 2.05) is 0 Å². The van der Waals surface area contributed by atoms with Gasteiger partial charge in [0.05, 0.1) is 5.57 Å². The molecule has 5 N–H and O–H groups in total. The fraction of sp³-hybridized carbons (Fsp3) is 0.615. The molecular weight excluding hydrogens is 214 g/mol. The molecule has 1 rings (SSSR count). The van der Waals surface area contributed by atoms with Gasteiger partial charge < -0.3 is 16.8 Å². The van der Waals surface area contributed by atoms with Gasteiger partial charge in [-0.25, -0.2) is 0 Å². The standard InChI is InChI=1S/C13H23N3O/c1-13(2)6-3-11(4-7-13)16-12(17)10(9-15)5-8-14/h5,8-9,11H,3-4,6-7,14-15H2,1-2H3,(H,16,17)/b8-5-,10-9?. The summed E-state index contributed by atoms with van der Waals surface area (Å²) in [6, 6.07) is 0.261. The van der Waals surface area contributed by atoms with Crippen molar-refractivity contribution in [1.82, 2.24) is 5.32 Å². The Morgan fingerprint density at radius 2 is 1.88 bits per heavy atom. The van der Waals surface area contributed by atoms with Gasteiger partial charge in [-0.3, -0.25) is 4.79 Å². The van der Waals surface area contributed by atoms with E-state index in [0.29, 0.717) is 11.0 Å². The van der Waals surface area contributed by atoms with Crippen molar-refractivity contribution in [3.63, 3.8) is 0 Å². The number of rotatable bonds is 3. The van der Waals surface area contributed by atoms with Crippen molar-refractivity contribution in [2.75, 3.05) is 0 Å². The van der Waals surface area contributed by atoms with Crippen LogP contribution in [0.2, 0.25) is 0 Å². The quantitative estimate of drug-likeness (QED) is 0.512. The second-order valence-corrected chi connectivity index (χ2v) is 5.39. The molecule has 0 radical (unpaired) electrons. The van der Waals surface area contributed by atoms with Crippen molar-refractivity contribution >= 4 is 5.91 Å². The van der Waals surface area contributed by atoms with Crippen molar-refractivity contribution in [2.45, 2.75) is 45.6 Å². The molecule has 0 saturated heterocycles. The molecule has 4 heteroatoms. The molecule has 1 saturated carbocycles. The Bertz CT molecular complexity index is 322. The van der Waals surface area contributed by atoms with Crippen LogP contribution in [-0.4, -0.2) is 11.9 Å². The molecule has 4 nitrogen and oxygen atoms in total. The molecule has 0 spiro atoms. The van der Waals surface area contributed by atoms with Crippen molar-refractivity contribution in [3.05, 3.63) is 24.0 Å². The summed E-state index contributed by atoms with van der Waals surface area (Å²) in [4.78, 5) is 11.8. The van der Waals surface area contributed by atoms with Crippen LogP contribution in [0.3, 0.4) is 0 Å². The van der Waals surface area contributed by atoms with Crippen LogP contribution in [0.1, 0.15) is 39.5 Å². The predicted molar refractivity (Wildman–Crippen MR) is 69.8 cm³/mol. The van der Waals surface area contributed by atoms with Crippen LogP contribution in [-0.2, 0) is 4.79 Å². The maximum absolute atomic E-state index is 11.8. The van der Waals surface area contributed by atoms with Crippen LogP contribution >= 0.6 is 0 Å². The summed E-state index contributed by atoms with van der Waals surface area (Å²) in [5.74, 6) is -0.140. The van der Waals surface area contributed by atoms with Crippen molar-refractivity contribution in [2.24, 2.45) is 16.9 Å². The highest BCUT2D eigenvalue weighted by Crippen LogP contribution is 2.34. The minimum absolute atomic E-state index is 0.140. The highest BCUT2D eigenvalue weighted by molar-refractivity contribution is 5.96. The van der Waals surface area contributed by atoms with Crippen molar-refractivity contribution in [1.29, 1.82) is 0 Å². The average molecular weight is 237 g/mol. The lowest BCUT2D eigenvalue weighted by Crippen LogP contribution is -2.39. The first kappa shape index (κ1) is 13.6. The summed E-state index contributed by atoms with van der Waals surface area (Å²) in [5.41, 5.74) is 11.5. The number of hydrogen-bond acceptors (Lipinski definition) is 3. The van der Waals surface area contributed by atoms with E-state index in [9.17, 15) is 4.79 Å². The fourth-order valence-corrected chi connectivity index (χ4v) is 2.12. The van der Waals surface area contributed by atoms with Crippen LogP contribution < -0.4 is 16.8 Å². The van der Waals surface area contributed by atoms with Gasteiger partial charge in [-0.05, 0) is 43.4 Å². The van der Waals surface area contributed by atoms with Crippen molar-refractivity contribution in [3.8, 4) is 0 Å². The second kappa shape index (κ2) is 5.75. The summed E-state index contributed by atoms with van der Waals surface area (Å²) in [6.07, 6.45) is 8.47. The molecule has 1 aliphatic carbocycles. The molecule has 0 bridgehead atoms. The van der Waals surface area contributed by atoms with E-state index < -0.39 is 0 Å². The number of amides is 1. The SMILES string of the molecule is CC1(C)CCC(NC(=O)C(=CN)/C=C\N)CC1. The van der Waals surface area contributed by atoms with E-state index in [1.54, 1.807) is 0 Å². The molecule has 0 unspecified atom stereocenters. The minimum Gasteiger partial charge on any atom is -0.405 e. The Kier molecular flexibility index (Phi) is 4.61. The zero-order chi connectivity index (χ0) is 12.9. The van der Waals surface area contributed by atoms with Crippen LogP contribution in [0.25, 0.3) is 0 Å². The molecular formula is C13H23N3O. The summed E-state index contributed by atoms with van der Waals surface area (Å²) in [7, 11) is 0. The van der Waals surface area contributed by atoms with Crippen LogP contribution in [0.5, 0.6) is 0 Å². The molecule has 1 amide bonds. The van der Waals surface area contributed by atoms with Crippen LogP contribution in [0.15, 0.2) is 24.0 Å². The third kappa shape index (κ3) is 4.13. The second-order valence-electron chi connectivity index (χ2n) is 5.39. The maximum atomic E-state index is 11.8. The summed E-state index contributed by atoms with van der Waals surface area (Å²) >= 11 is 0. The summed E-state index contributed by atoms with van der Waals surface area (Å²) < 4.78 is 0. The number of carbonyl (C=O) groups is 1. The van der Waals surface area contributed by atoms with E-state index in [2.05, 4.69) is 19.2 Å². The lowest BCUT2D eigenvalue weighted by molar-refractivity contribution is -0.118. The highest BCUT2D eigenvalue weighted by Gasteiger charge is 2.27. The van der Waals surface area contributed by atoms with E-state index in [1.165, 1.54) is 18.5 Å². The number of nitrogens with two attached hydrogens (primary N) is 2. The van der Waals surface area contributed by atoms with E-state index in [-0.39, 0.29) is 11.9 Å². The Labute approximate surface area is 103 Å². The van der Waals surface area contributed by atoms with Gasteiger partial charge in [0.25, 0.3) is 5.91 Å². The number of carbonyl (C=O) groups excluding carboxylic acids is 1. The first-order valence-electron chi connectivity index (χ1n) is 6.09.